The minimum atomic E-state index is -4.34. The Hall–Kier alpha value is -2.04. The van der Waals surface area contributed by atoms with Gasteiger partial charge in [0.25, 0.3) is 0 Å². The topological polar surface area (TPSA) is 22.1 Å². The van der Waals surface area contributed by atoms with Gasteiger partial charge in [-0.05, 0) is 30.7 Å². The summed E-state index contributed by atoms with van der Waals surface area (Å²) < 4.78 is 43.0. The van der Waals surface area contributed by atoms with Crippen molar-refractivity contribution < 1.29 is 17.9 Å². The number of ether oxygens (including phenoxy) is 1. The molecule has 19 heavy (non-hydrogen) atoms. The van der Waals surface area contributed by atoms with Gasteiger partial charge in [-0.1, -0.05) is 12.1 Å². The maximum Gasteiger partial charge on any atom is 0.416 e. The Morgan fingerprint density at radius 2 is 1.89 bits per heavy atom. The van der Waals surface area contributed by atoms with E-state index in [0.717, 1.165) is 12.1 Å². The molecule has 100 valence electrons. The van der Waals surface area contributed by atoms with E-state index in [4.69, 9.17) is 4.74 Å². The molecule has 0 fully saturated rings. The van der Waals surface area contributed by atoms with Gasteiger partial charge in [-0.15, -0.1) is 0 Å². The summed E-state index contributed by atoms with van der Waals surface area (Å²) in [5, 5.41) is 0. The van der Waals surface area contributed by atoms with Crippen molar-refractivity contribution >= 4 is 0 Å². The Morgan fingerprint density at radius 3 is 2.47 bits per heavy atom. The van der Waals surface area contributed by atoms with Crippen LogP contribution in [0, 0.1) is 0 Å². The van der Waals surface area contributed by atoms with Gasteiger partial charge in [0.1, 0.15) is 0 Å². The molecule has 0 amide bonds. The Balaban J connectivity index is 2.31. The van der Waals surface area contributed by atoms with Crippen LogP contribution in [0.2, 0.25) is 0 Å². The summed E-state index contributed by atoms with van der Waals surface area (Å²) in [4.78, 5) is 4.03. The molecule has 0 N–H and O–H groups in total. The van der Waals surface area contributed by atoms with Crippen molar-refractivity contribution in [3.63, 3.8) is 0 Å². The second-order valence-corrected chi connectivity index (χ2v) is 3.90. The Bertz CT molecular complexity index is 549. The quantitative estimate of drug-likeness (QED) is 0.832. The molecule has 5 heteroatoms. The molecule has 2 rings (SSSR count). The van der Waals surface area contributed by atoms with Crippen molar-refractivity contribution in [2.45, 2.75) is 13.1 Å². The number of aromatic nitrogens is 1. The molecule has 0 atom stereocenters. The minimum absolute atomic E-state index is 0.457. The second-order valence-electron chi connectivity index (χ2n) is 3.90. The number of halogens is 3. The highest BCUT2D eigenvalue weighted by molar-refractivity contribution is 5.63. The molecule has 1 aromatic heterocycles. The van der Waals surface area contributed by atoms with Crippen LogP contribution in [-0.4, -0.2) is 11.6 Å². The first-order valence-electron chi connectivity index (χ1n) is 5.77. The van der Waals surface area contributed by atoms with Crippen LogP contribution in [0.4, 0.5) is 13.2 Å². The molecular weight excluding hydrogens is 255 g/mol. The molecule has 1 aromatic carbocycles. The predicted octanol–water partition coefficient (Wildman–Crippen LogP) is 4.17. The van der Waals surface area contributed by atoms with Gasteiger partial charge in [0, 0.05) is 17.8 Å². The smallest absolute Gasteiger partial charge is 0.416 e. The van der Waals surface area contributed by atoms with Gasteiger partial charge in [0.2, 0.25) is 5.88 Å². The number of hydrogen-bond acceptors (Lipinski definition) is 2. The van der Waals surface area contributed by atoms with Gasteiger partial charge in [0.15, 0.2) is 0 Å². The van der Waals surface area contributed by atoms with Crippen molar-refractivity contribution in [1.29, 1.82) is 0 Å². The van der Waals surface area contributed by atoms with Crippen LogP contribution in [0.1, 0.15) is 12.5 Å². The van der Waals surface area contributed by atoms with Crippen LogP contribution >= 0.6 is 0 Å². The van der Waals surface area contributed by atoms with E-state index in [1.807, 2.05) is 6.92 Å². The number of alkyl halides is 3. The lowest BCUT2D eigenvalue weighted by atomic mass is 10.0. The van der Waals surface area contributed by atoms with Crippen LogP contribution in [0.5, 0.6) is 5.88 Å². The summed E-state index contributed by atoms with van der Waals surface area (Å²) in [5.74, 6) is 0.457. The lowest BCUT2D eigenvalue weighted by Crippen LogP contribution is -2.04. The summed E-state index contributed by atoms with van der Waals surface area (Å²) in [5.41, 5.74) is 0.429. The molecule has 0 unspecified atom stereocenters. The SMILES string of the molecule is CCOc1ccc(-c2cccc(C(F)(F)F)c2)cn1. The first-order valence-corrected chi connectivity index (χ1v) is 5.77. The predicted molar refractivity (Wildman–Crippen MR) is 65.8 cm³/mol. The molecule has 2 aromatic rings. The lowest BCUT2D eigenvalue weighted by Gasteiger charge is -2.09. The largest absolute Gasteiger partial charge is 0.478 e. The van der Waals surface area contributed by atoms with Crippen LogP contribution < -0.4 is 4.74 Å². The van der Waals surface area contributed by atoms with Crippen molar-refractivity contribution in [2.24, 2.45) is 0 Å². The molecular formula is C14H12F3NO. The highest BCUT2D eigenvalue weighted by Crippen LogP contribution is 2.32. The number of hydrogen-bond donors (Lipinski definition) is 0. The van der Waals surface area contributed by atoms with Crippen LogP contribution in [0.15, 0.2) is 42.6 Å². The van der Waals surface area contributed by atoms with Crippen molar-refractivity contribution in [3.05, 3.63) is 48.2 Å². The fourth-order valence-corrected chi connectivity index (χ4v) is 1.66. The van der Waals surface area contributed by atoms with Gasteiger partial charge in [-0.2, -0.15) is 13.2 Å². The molecule has 1 heterocycles. The fourth-order valence-electron chi connectivity index (χ4n) is 1.66. The fraction of sp³-hybridized carbons (Fsp3) is 0.214. The normalized spacial score (nSPS) is 11.4. The Morgan fingerprint density at radius 1 is 1.11 bits per heavy atom. The Labute approximate surface area is 108 Å². The molecule has 0 saturated heterocycles. The van der Waals surface area contributed by atoms with E-state index in [0.29, 0.717) is 23.6 Å². The standard InChI is InChI=1S/C14H12F3NO/c1-2-19-13-7-6-11(9-18-13)10-4-3-5-12(8-10)14(15,16)17/h3-9H,2H2,1H3. The zero-order valence-corrected chi connectivity index (χ0v) is 10.2. The first-order chi connectivity index (χ1) is 9.00. The number of nitrogens with zero attached hydrogens (tertiary/aromatic N) is 1. The maximum atomic E-state index is 12.6. The zero-order valence-electron chi connectivity index (χ0n) is 10.2. The molecule has 0 saturated carbocycles. The Kier molecular flexibility index (Phi) is 3.74. The van der Waals surface area contributed by atoms with Gasteiger partial charge in [-0.3, -0.25) is 0 Å². The van der Waals surface area contributed by atoms with Crippen molar-refractivity contribution in [1.82, 2.24) is 4.98 Å². The minimum Gasteiger partial charge on any atom is -0.478 e. The summed E-state index contributed by atoms with van der Waals surface area (Å²) in [6, 6.07) is 8.48. The van der Waals surface area contributed by atoms with Crippen molar-refractivity contribution in [2.75, 3.05) is 6.61 Å². The highest BCUT2D eigenvalue weighted by atomic mass is 19.4. The van der Waals surface area contributed by atoms with E-state index < -0.39 is 11.7 Å². The molecule has 0 aliphatic heterocycles. The molecule has 0 aliphatic rings. The first kappa shape index (κ1) is 13.4. The summed E-state index contributed by atoms with van der Waals surface area (Å²) in [7, 11) is 0. The number of benzene rings is 1. The van der Waals surface area contributed by atoms with E-state index in [2.05, 4.69) is 4.98 Å². The molecule has 0 bridgehead atoms. The van der Waals surface area contributed by atoms with E-state index >= 15 is 0 Å². The van der Waals surface area contributed by atoms with Gasteiger partial charge < -0.3 is 4.74 Å². The van der Waals surface area contributed by atoms with E-state index in [1.165, 1.54) is 12.3 Å². The molecule has 0 aliphatic carbocycles. The van der Waals surface area contributed by atoms with Crippen LogP contribution in [-0.2, 0) is 6.18 Å². The van der Waals surface area contributed by atoms with Gasteiger partial charge in [-0.25, -0.2) is 4.98 Å². The van der Waals surface area contributed by atoms with Gasteiger partial charge in [0.05, 0.1) is 12.2 Å². The molecule has 2 nitrogen and oxygen atoms in total. The third-order valence-corrected chi connectivity index (χ3v) is 2.55. The molecule has 0 spiro atoms. The zero-order chi connectivity index (χ0) is 13.9. The van der Waals surface area contributed by atoms with Crippen LogP contribution in [0.3, 0.4) is 0 Å². The van der Waals surface area contributed by atoms with E-state index in [-0.39, 0.29) is 0 Å². The lowest BCUT2D eigenvalue weighted by molar-refractivity contribution is -0.137. The van der Waals surface area contributed by atoms with E-state index in [1.54, 1.807) is 18.2 Å². The highest BCUT2D eigenvalue weighted by Gasteiger charge is 2.30. The van der Waals surface area contributed by atoms with Crippen LogP contribution in [0.25, 0.3) is 11.1 Å². The number of pyridine rings is 1. The average Bonchev–Trinajstić information content (AvgIpc) is 2.39. The third kappa shape index (κ3) is 3.24. The summed E-state index contributed by atoms with van der Waals surface area (Å²) >= 11 is 0. The van der Waals surface area contributed by atoms with E-state index in [9.17, 15) is 13.2 Å². The average molecular weight is 267 g/mol. The van der Waals surface area contributed by atoms with Crippen molar-refractivity contribution in [3.8, 4) is 17.0 Å². The summed E-state index contributed by atoms with van der Waals surface area (Å²) in [6.07, 6.45) is -2.84. The third-order valence-electron chi connectivity index (χ3n) is 2.55. The second kappa shape index (κ2) is 5.30. The summed E-state index contributed by atoms with van der Waals surface area (Å²) in [6.45, 7) is 2.33. The number of rotatable bonds is 3. The van der Waals surface area contributed by atoms with Gasteiger partial charge >= 0.3 is 6.18 Å². The maximum absolute atomic E-state index is 12.6. The monoisotopic (exact) mass is 267 g/mol. The molecule has 0 radical (unpaired) electrons.